The highest BCUT2D eigenvalue weighted by Crippen LogP contribution is 2.27. The fourth-order valence-corrected chi connectivity index (χ4v) is 4.11. The fraction of sp³-hybridized carbons (Fsp3) is 0.222. The zero-order valence-electron chi connectivity index (χ0n) is 18.8. The number of rotatable bonds is 6. The molecule has 1 fully saturated rings. The first kappa shape index (κ1) is 22.3. The first-order valence-electron chi connectivity index (χ1n) is 11.0. The van der Waals surface area contributed by atoms with E-state index in [0.29, 0.717) is 24.3 Å². The summed E-state index contributed by atoms with van der Waals surface area (Å²) in [6.07, 6.45) is 0.164. The third-order valence-corrected chi connectivity index (χ3v) is 5.81. The summed E-state index contributed by atoms with van der Waals surface area (Å²) in [4.78, 5) is 41.7. The van der Waals surface area contributed by atoms with Gasteiger partial charge in [0.15, 0.2) is 0 Å². The minimum absolute atomic E-state index is 0.0527. The van der Waals surface area contributed by atoms with Crippen LogP contribution in [0.15, 0.2) is 78.9 Å². The maximum absolute atomic E-state index is 13.0. The molecule has 0 radical (unpaired) electrons. The molecule has 33 heavy (non-hydrogen) atoms. The van der Waals surface area contributed by atoms with Gasteiger partial charge in [0.25, 0.3) is 5.91 Å². The van der Waals surface area contributed by atoms with Gasteiger partial charge >= 0.3 is 0 Å². The molecular weight excluding hydrogens is 414 g/mol. The molecule has 0 saturated carbocycles. The number of nitrogens with zero attached hydrogens (tertiary/aromatic N) is 2. The number of benzene rings is 3. The van der Waals surface area contributed by atoms with Crippen molar-refractivity contribution in [3.8, 4) is 0 Å². The third kappa shape index (κ3) is 5.29. The summed E-state index contributed by atoms with van der Waals surface area (Å²) in [6.45, 7) is 2.77. The summed E-state index contributed by atoms with van der Waals surface area (Å²) in [5.74, 6) is -0.818. The van der Waals surface area contributed by atoms with E-state index >= 15 is 0 Å². The minimum atomic E-state index is -0.406. The lowest BCUT2D eigenvalue weighted by Crippen LogP contribution is -2.34. The van der Waals surface area contributed by atoms with E-state index in [-0.39, 0.29) is 24.1 Å². The molecule has 1 aliphatic heterocycles. The highest BCUT2D eigenvalue weighted by atomic mass is 16.2. The van der Waals surface area contributed by atoms with E-state index in [0.717, 1.165) is 16.8 Å². The molecule has 1 atom stereocenters. The zero-order valence-corrected chi connectivity index (χ0v) is 18.8. The predicted molar refractivity (Wildman–Crippen MR) is 129 cm³/mol. The van der Waals surface area contributed by atoms with Gasteiger partial charge in [0.2, 0.25) is 11.8 Å². The maximum atomic E-state index is 13.0. The van der Waals surface area contributed by atoms with Crippen LogP contribution in [0.2, 0.25) is 0 Å². The Morgan fingerprint density at radius 1 is 1.00 bits per heavy atom. The van der Waals surface area contributed by atoms with E-state index in [4.69, 9.17) is 0 Å². The van der Waals surface area contributed by atoms with Crippen LogP contribution in [-0.2, 0) is 16.1 Å². The first-order chi connectivity index (χ1) is 15.9. The second kappa shape index (κ2) is 9.69. The molecule has 0 aromatic heterocycles. The third-order valence-electron chi connectivity index (χ3n) is 5.81. The normalized spacial score (nSPS) is 15.4. The molecule has 0 aliphatic carbocycles. The average Bonchev–Trinajstić information content (AvgIpc) is 3.21. The number of carbonyl (C=O) groups excluding carboxylic acids is 3. The van der Waals surface area contributed by atoms with Crippen molar-refractivity contribution in [1.29, 1.82) is 0 Å². The van der Waals surface area contributed by atoms with E-state index < -0.39 is 5.92 Å². The van der Waals surface area contributed by atoms with Crippen LogP contribution in [0.3, 0.4) is 0 Å². The van der Waals surface area contributed by atoms with Gasteiger partial charge in [0.05, 0.1) is 5.92 Å². The quantitative estimate of drug-likeness (QED) is 0.621. The van der Waals surface area contributed by atoms with Crippen LogP contribution in [0.1, 0.15) is 27.9 Å². The lowest BCUT2D eigenvalue weighted by molar-refractivity contribution is -0.135. The van der Waals surface area contributed by atoms with Gasteiger partial charge in [0, 0.05) is 43.5 Å². The first-order valence-corrected chi connectivity index (χ1v) is 11.0. The highest BCUT2D eigenvalue weighted by molar-refractivity contribution is 6.06. The lowest BCUT2D eigenvalue weighted by Gasteiger charge is -2.22. The van der Waals surface area contributed by atoms with Crippen molar-refractivity contribution < 1.29 is 14.4 Å². The Balaban J connectivity index is 1.43. The smallest absolute Gasteiger partial charge is 0.255 e. The van der Waals surface area contributed by atoms with Gasteiger partial charge < -0.3 is 15.1 Å². The van der Waals surface area contributed by atoms with Gasteiger partial charge in [0.1, 0.15) is 0 Å². The zero-order chi connectivity index (χ0) is 23.4. The van der Waals surface area contributed by atoms with Crippen LogP contribution in [0.4, 0.5) is 11.4 Å². The molecule has 4 rings (SSSR count). The lowest BCUT2D eigenvalue weighted by atomic mass is 10.1. The number of amides is 3. The average molecular weight is 442 g/mol. The van der Waals surface area contributed by atoms with Crippen LogP contribution >= 0.6 is 0 Å². The number of anilines is 2. The Morgan fingerprint density at radius 3 is 2.52 bits per heavy atom. The number of aryl methyl sites for hydroxylation is 1. The second-order valence-electron chi connectivity index (χ2n) is 8.46. The number of nitrogens with one attached hydrogen (secondary N) is 1. The Bertz CT molecular complexity index is 1180. The summed E-state index contributed by atoms with van der Waals surface area (Å²) in [6, 6.07) is 24.3. The molecule has 6 nitrogen and oxygen atoms in total. The number of hydrogen-bond donors (Lipinski definition) is 1. The van der Waals surface area contributed by atoms with Gasteiger partial charge in [-0.3, -0.25) is 14.4 Å². The van der Waals surface area contributed by atoms with Gasteiger partial charge in [-0.25, -0.2) is 0 Å². The molecule has 3 aromatic rings. The molecule has 3 amide bonds. The van der Waals surface area contributed by atoms with Crippen molar-refractivity contribution >= 4 is 29.1 Å². The highest BCUT2D eigenvalue weighted by Gasteiger charge is 2.36. The van der Waals surface area contributed by atoms with E-state index in [9.17, 15) is 14.4 Å². The van der Waals surface area contributed by atoms with Crippen LogP contribution in [-0.4, -0.2) is 36.2 Å². The Morgan fingerprint density at radius 2 is 1.76 bits per heavy atom. The summed E-state index contributed by atoms with van der Waals surface area (Å²) in [5.41, 5.74) is 3.89. The molecule has 1 heterocycles. The number of carbonyl (C=O) groups is 3. The standard InChI is InChI=1S/C27H27N3O3/c1-19-8-6-12-23(14-19)28-26(32)21-11-7-13-24(15-21)30-18-22(16-25(30)31)27(33)29(2)17-20-9-4-3-5-10-20/h3-15,22H,16-18H2,1-2H3,(H,28,32)/t22-/m0/s1. The second-order valence-corrected chi connectivity index (χ2v) is 8.46. The van der Waals surface area contributed by atoms with Crippen molar-refractivity contribution in [2.75, 3.05) is 23.8 Å². The molecule has 3 aromatic carbocycles. The number of hydrogen-bond acceptors (Lipinski definition) is 3. The SMILES string of the molecule is Cc1cccc(NC(=O)c2cccc(N3C[C@@H](C(=O)N(C)Cc4ccccc4)CC3=O)c2)c1. The summed E-state index contributed by atoms with van der Waals surface area (Å²) < 4.78 is 0. The Kier molecular flexibility index (Phi) is 6.54. The molecule has 1 saturated heterocycles. The Labute approximate surface area is 193 Å². The van der Waals surface area contributed by atoms with E-state index in [1.807, 2.05) is 61.5 Å². The topological polar surface area (TPSA) is 69.7 Å². The van der Waals surface area contributed by atoms with Crippen molar-refractivity contribution in [2.24, 2.45) is 5.92 Å². The molecule has 1 N–H and O–H groups in total. The molecule has 0 unspecified atom stereocenters. The molecular formula is C27H27N3O3. The van der Waals surface area contributed by atoms with E-state index in [2.05, 4.69) is 5.32 Å². The van der Waals surface area contributed by atoms with Crippen LogP contribution < -0.4 is 10.2 Å². The molecule has 0 spiro atoms. The van der Waals surface area contributed by atoms with Crippen molar-refractivity contribution in [2.45, 2.75) is 19.9 Å². The maximum Gasteiger partial charge on any atom is 0.255 e. The van der Waals surface area contributed by atoms with Crippen LogP contribution in [0, 0.1) is 12.8 Å². The summed E-state index contributed by atoms with van der Waals surface area (Å²) >= 11 is 0. The molecule has 0 bridgehead atoms. The van der Waals surface area contributed by atoms with E-state index in [1.165, 1.54) is 0 Å². The summed E-state index contributed by atoms with van der Waals surface area (Å²) in [5, 5.41) is 2.89. The van der Waals surface area contributed by atoms with Crippen LogP contribution in [0.5, 0.6) is 0 Å². The molecule has 6 heteroatoms. The molecule has 168 valence electrons. The van der Waals surface area contributed by atoms with Gasteiger partial charge in [-0.2, -0.15) is 0 Å². The minimum Gasteiger partial charge on any atom is -0.341 e. The van der Waals surface area contributed by atoms with Crippen molar-refractivity contribution in [1.82, 2.24) is 4.90 Å². The fourth-order valence-electron chi connectivity index (χ4n) is 4.11. The largest absolute Gasteiger partial charge is 0.341 e. The summed E-state index contributed by atoms with van der Waals surface area (Å²) in [7, 11) is 1.76. The van der Waals surface area contributed by atoms with Gasteiger partial charge in [-0.05, 0) is 48.4 Å². The van der Waals surface area contributed by atoms with E-state index in [1.54, 1.807) is 41.1 Å². The van der Waals surface area contributed by atoms with Gasteiger partial charge in [-0.1, -0.05) is 48.5 Å². The van der Waals surface area contributed by atoms with Gasteiger partial charge in [-0.15, -0.1) is 0 Å². The van der Waals surface area contributed by atoms with Crippen molar-refractivity contribution in [3.63, 3.8) is 0 Å². The molecule has 1 aliphatic rings. The predicted octanol–water partition coefficient (Wildman–Crippen LogP) is 4.26. The Hall–Kier alpha value is -3.93. The van der Waals surface area contributed by atoms with Crippen molar-refractivity contribution in [3.05, 3.63) is 95.6 Å². The monoisotopic (exact) mass is 441 g/mol. The van der Waals surface area contributed by atoms with Crippen LogP contribution in [0.25, 0.3) is 0 Å².